The number of fused-ring (bicyclic) bond motifs is 1. The molecule has 1 amide bonds. The van der Waals surface area contributed by atoms with Gasteiger partial charge in [0, 0.05) is 25.5 Å². The fourth-order valence-electron chi connectivity index (χ4n) is 2.50. The van der Waals surface area contributed by atoms with E-state index in [0.717, 1.165) is 10.2 Å². The number of rotatable bonds is 5. The Bertz CT molecular complexity index is 1110. The second-order valence-corrected chi connectivity index (χ2v) is 8.74. The van der Waals surface area contributed by atoms with E-state index in [1.54, 1.807) is 49.6 Å². The minimum atomic E-state index is -3.31. The monoisotopic (exact) mass is 390 g/mol. The van der Waals surface area contributed by atoms with Crippen LogP contribution < -0.4 is 4.80 Å². The van der Waals surface area contributed by atoms with E-state index in [9.17, 15) is 13.2 Å². The van der Waals surface area contributed by atoms with Gasteiger partial charge >= 0.3 is 0 Å². The van der Waals surface area contributed by atoms with Crippen molar-refractivity contribution in [1.29, 1.82) is 0 Å². The van der Waals surface area contributed by atoms with Crippen LogP contribution in [0.2, 0.25) is 0 Å². The first-order valence-electron chi connectivity index (χ1n) is 7.86. The maximum Gasteiger partial charge on any atom is 0.279 e. The first kappa shape index (κ1) is 18.5. The molecule has 0 aliphatic rings. The Morgan fingerprint density at radius 3 is 2.58 bits per heavy atom. The van der Waals surface area contributed by atoms with Crippen molar-refractivity contribution < 1.29 is 17.9 Å². The molecule has 0 radical (unpaired) electrons. The summed E-state index contributed by atoms with van der Waals surface area (Å²) in [6.07, 6.45) is 1.17. The summed E-state index contributed by atoms with van der Waals surface area (Å²) in [5, 5.41) is 0. The summed E-state index contributed by atoms with van der Waals surface area (Å²) in [5.74, 6) is -0.341. The van der Waals surface area contributed by atoms with Crippen LogP contribution in [0.3, 0.4) is 0 Å². The van der Waals surface area contributed by atoms with Crippen molar-refractivity contribution in [2.75, 3.05) is 20.0 Å². The lowest BCUT2D eigenvalue weighted by molar-refractivity contribution is 0.0997. The average Bonchev–Trinajstić information content (AvgIpc) is 2.96. The van der Waals surface area contributed by atoms with Gasteiger partial charge in [-0.25, -0.2) is 8.42 Å². The molecule has 0 atom stereocenters. The molecule has 1 aromatic heterocycles. The minimum Gasteiger partial charge on any atom is -0.383 e. The first-order valence-corrected chi connectivity index (χ1v) is 10.6. The van der Waals surface area contributed by atoms with Crippen molar-refractivity contribution in [3.63, 3.8) is 0 Å². The number of carbonyl (C=O) groups excluding carboxylic acids is 1. The van der Waals surface area contributed by atoms with Gasteiger partial charge in [0.25, 0.3) is 5.91 Å². The van der Waals surface area contributed by atoms with Crippen LogP contribution in [0.15, 0.2) is 58.4 Å². The Kier molecular flexibility index (Phi) is 5.36. The normalized spacial score (nSPS) is 12.6. The summed E-state index contributed by atoms with van der Waals surface area (Å²) in [5.41, 5.74) is 1.32. The van der Waals surface area contributed by atoms with Crippen molar-refractivity contribution in [3.8, 4) is 0 Å². The molecular formula is C18H18N2O4S2. The number of amides is 1. The van der Waals surface area contributed by atoms with Crippen molar-refractivity contribution >= 4 is 37.3 Å². The van der Waals surface area contributed by atoms with Crippen LogP contribution in [-0.2, 0) is 21.1 Å². The highest BCUT2D eigenvalue weighted by atomic mass is 32.2. The molecule has 0 spiro atoms. The van der Waals surface area contributed by atoms with Crippen LogP contribution in [0.25, 0.3) is 10.2 Å². The van der Waals surface area contributed by atoms with E-state index in [-0.39, 0.29) is 10.8 Å². The zero-order valence-electron chi connectivity index (χ0n) is 14.4. The minimum absolute atomic E-state index is 0.242. The van der Waals surface area contributed by atoms with Crippen molar-refractivity contribution in [3.05, 3.63) is 58.9 Å². The SMILES string of the molecule is COCCn1c(=NC(=O)c2ccccc2)sc2cc(S(C)(=O)=O)ccc21. The summed E-state index contributed by atoms with van der Waals surface area (Å²) in [7, 11) is -1.71. The highest BCUT2D eigenvalue weighted by Crippen LogP contribution is 2.22. The standard InChI is InChI=1S/C18H18N2O4S2/c1-24-11-10-20-15-9-8-14(26(2,22)23)12-16(15)25-18(20)19-17(21)13-6-4-3-5-7-13/h3-9,12H,10-11H2,1-2H3. The summed E-state index contributed by atoms with van der Waals surface area (Å²) in [4.78, 5) is 17.4. The Morgan fingerprint density at radius 1 is 1.19 bits per heavy atom. The number of benzene rings is 2. The molecule has 0 unspecified atom stereocenters. The molecule has 0 bridgehead atoms. The molecule has 0 aliphatic carbocycles. The zero-order valence-corrected chi connectivity index (χ0v) is 16.0. The Labute approximate surface area is 155 Å². The molecule has 26 heavy (non-hydrogen) atoms. The summed E-state index contributed by atoms with van der Waals surface area (Å²) < 4.78 is 31.4. The molecule has 0 aliphatic heterocycles. The van der Waals surface area contributed by atoms with Crippen LogP contribution in [-0.4, -0.2) is 38.9 Å². The molecule has 0 N–H and O–H groups in total. The van der Waals surface area contributed by atoms with Gasteiger partial charge in [-0.1, -0.05) is 29.5 Å². The van der Waals surface area contributed by atoms with Gasteiger partial charge in [-0.2, -0.15) is 4.99 Å². The van der Waals surface area contributed by atoms with E-state index >= 15 is 0 Å². The lowest BCUT2D eigenvalue weighted by atomic mass is 10.2. The van der Waals surface area contributed by atoms with Crippen molar-refractivity contribution in [2.24, 2.45) is 4.99 Å². The smallest absolute Gasteiger partial charge is 0.279 e. The largest absolute Gasteiger partial charge is 0.383 e. The number of methoxy groups -OCH3 is 1. The van der Waals surface area contributed by atoms with E-state index in [0.29, 0.717) is 23.5 Å². The van der Waals surface area contributed by atoms with E-state index in [1.807, 2.05) is 10.6 Å². The molecule has 6 nitrogen and oxygen atoms in total. The number of nitrogens with zero attached hydrogens (tertiary/aromatic N) is 2. The number of sulfone groups is 1. The zero-order chi connectivity index (χ0) is 18.7. The number of aromatic nitrogens is 1. The highest BCUT2D eigenvalue weighted by Gasteiger charge is 2.13. The summed E-state index contributed by atoms with van der Waals surface area (Å²) in [6, 6.07) is 13.7. The fraction of sp³-hybridized carbons (Fsp3) is 0.222. The van der Waals surface area contributed by atoms with Crippen molar-refractivity contribution in [1.82, 2.24) is 4.57 Å². The second-order valence-electron chi connectivity index (χ2n) is 5.71. The third-order valence-corrected chi connectivity index (χ3v) is 5.97. The molecule has 0 saturated heterocycles. The third kappa shape index (κ3) is 3.92. The molecular weight excluding hydrogens is 372 g/mol. The maximum atomic E-state index is 12.4. The van der Waals surface area contributed by atoms with Crippen LogP contribution in [0.5, 0.6) is 0 Å². The van der Waals surface area contributed by atoms with Gasteiger partial charge in [-0.05, 0) is 30.3 Å². The van der Waals surface area contributed by atoms with E-state index < -0.39 is 9.84 Å². The number of thiazole rings is 1. The van der Waals surface area contributed by atoms with E-state index in [1.165, 1.54) is 17.6 Å². The van der Waals surface area contributed by atoms with Crippen LogP contribution in [0.1, 0.15) is 10.4 Å². The van der Waals surface area contributed by atoms with Gasteiger partial charge < -0.3 is 9.30 Å². The lowest BCUT2D eigenvalue weighted by Crippen LogP contribution is -2.19. The van der Waals surface area contributed by atoms with Crippen molar-refractivity contribution in [2.45, 2.75) is 11.4 Å². The lowest BCUT2D eigenvalue weighted by Gasteiger charge is -2.05. The Morgan fingerprint density at radius 2 is 1.92 bits per heavy atom. The molecule has 1 heterocycles. The van der Waals surface area contributed by atoms with Crippen LogP contribution in [0.4, 0.5) is 0 Å². The topological polar surface area (TPSA) is 77.7 Å². The van der Waals surface area contributed by atoms with Gasteiger partial charge in [0.15, 0.2) is 14.6 Å². The van der Waals surface area contributed by atoms with Gasteiger partial charge in [0.2, 0.25) is 0 Å². The first-order chi connectivity index (χ1) is 12.4. The van der Waals surface area contributed by atoms with Gasteiger partial charge in [-0.15, -0.1) is 0 Å². The molecule has 0 fully saturated rings. The Balaban J connectivity index is 2.16. The summed E-state index contributed by atoms with van der Waals surface area (Å²) >= 11 is 1.28. The summed E-state index contributed by atoms with van der Waals surface area (Å²) in [6.45, 7) is 0.960. The van der Waals surface area contributed by atoms with Gasteiger partial charge in [-0.3, -0.25) is 4.79 Å². The fourth-order valence-corrected chi connectivity index (χ4v) is 4.32. The van der Waals surface area contributed by atoms with E-state index in [4.69, 9.17) is 4.74 Å². The van der Waals surface area contributed by atoms with Gasteiger partial charge in [0.1, 0.15) is 0 Å². The number of hydrogen-bond acceptors (Lipinski definition) is 5. The quantitative estimate of drug-likeness (QED) is 0.671. The van der Waals surface area contributed by atoms with Crippen LogP contribution >= 0.6 is 11.3 Å². The van der Waals surface area contributed by atoms with E-state index in [2.05, 4.69) is 4.99 Å². The Hall–Kier alpha value is -2.29. The molecule has 136 valence electrons. The number of carbonyl (C=O) groups is 1. The molecule has 2 aromatic carbocycles. The third-order valence-electron chi connectivity index (χ3n) is 3.82. The highest BCUT2D eigenvalue weighted by molar-refractivity contribution is 7.90. The number of ether oxygens (including phenoxy) is 1. The molecule has 3 aromatic rings. The van der Waals surface area contributed by atoms with Crippen LogP contribution in [0, 0.1) is 0 Å². The number of hydrogen-bond donors (Lipinski definition) is 0. The predicted molar refractivity (Wildman–Crippen MR) is 101 cm³/mol. The predicted octanol–water partition coefficient (Wildman–Crippen LogP) is 2.49. The van der Waals surface area contributed by atoms with Gasteiger partial charge in [0.05, 0.1) is 21.7 Å². The molecule has 0 saturated carbocycles. The second kappa shape index (κ2) is 7.53. The maximum absolute atomic E-state index is 12.4. The molecule has 8 heteroatoms. The molecule has 3 rings (SSSR count). The average molecular weight is 390 g/mol.